The van der Waals surface area contributed by atoms with Crippen LogP contribution in [0.1, 0.15) is 56.6 Å². The number of fused-ring (bicyclic) bond motifs is 1. The lowest BCUT2D eigenvalue weighted by Crippen LogP contribution is -2.49. The van der Waals surface area contributed by atoms with Gasteiger partial charge in [-0.15, -0.1) is 0 Å². The van der Waals surface area contributed by atoms with E-state index in [1.165, 1.54) is 43.2 Å². The standard InChI is InChI=1S/C19H29NO2/c1-19(20,13-21)16-9-7-15-12-18(10-8-14(15)11-16)22-17-5-3-2-4-6-17/h8,10,12,16-17,21H,2-7,9,11,13,20H2,1H3. The quantitative estimate of drug-likeness (QED) is 0.898. The summed E-state index contributed by atoms with van der Waals surface area (Å²) in [6.07, 6.45) is 9.80. The van der Waals surface area contributed by atoms with Crippen molar-refractivity contribution in [1.29, 1.82) is 0 Å². The third-order valence-corrected chi connectivity index (χ3v) is 5.53. The van der Waals surface area contributed by atoms with Crippen LogP contribution in [0.2, 0.25) is 0 Å². The lowest BCUT2D eigenvalue weighted by atomic mass is 9.74. The lowest BCUT2D eigenvalue weighted by molar-refractivity contribution is 0.143. The van der Waals surface area contributed by atoms with E-state index in [2.05, 4.69) is 18.2 Å². The van der Waals surface area contributed by atoms with Gasteiger partial charge in [-0.3, -0.25) is 0 Å². The molecular weight excluding hydrogens is 274 g/mol. The Morgan fingerprint density at radius 1 is 1.18 bits per heavy atom. The van der Waals surface area contributed by atoms with Crippen molar-refractivity contribution in [2.24, 2.45) is 11.7 Å². The second-order valence-corrected chi connectivity index (χ2v) is 7.41. The molecule has 0 amide bonds. The topological polar surface area (TPSA) is 55.5 Å². The molecule has 0 heterocycles. The maximum Gasteiger partial charge on any atom is 0.120 e. The number of aliphatic hydroxyl groups is 1. The van der Waals surface area contributed by atoms with Crippen LogP contribution in [0.4, 0.5) is 0 Å². The van der Waals surface area contributed by atoms with Gasteiger partial charge in [0.2, 0.25) is 0 Å². The van der Waals surface area contributed by atoms with Crippen LogP contribution in [-0.4, -0.2) is 23.4 Å². The van der Waals surface area contributed by atoms with Gasteiger partial charge in [0.25, 0.3) is 0 Å². The SMILES string of the molecule is CC(N)(CO)C1CCc2cc(OC3CCCCC3)ccc2C1. The number of benzene rings is 1. The Bertz CT molecular complexity index is 506. The van der Waals surface area contributed by atoms with Crippen LogP contribution in [0.5, 0.6) is 5.75 Å². The summed E-state index contributed by atoms with van der Waals surface area (Å²) in [6, 6.07) is 6.54. The van der Waals surface area contributed by atoms with E-state index in [0.717, 1.165) is 25.0 Å². The molecule has 1 fully saturated rings. The Morgan fingerprint density at radius 3 is 2.68 bits per heavy atom. The van der Waals surface area contributed by atoms with Crippen LogP contribution in [0, 0.1) is 5.92 Å². The summed E-state index contributed by atoms with van der Waals surface area (Å²) >= 11 is 0. The fraction of sp³-hybridized carbons (Fsp3) is 0.684. The zero-order valence-corrected chi connectivity index (χ0v) is 13.7. The highest BCUT2D eigenvalue weighted by molar-refractivity contribution is 5.38. The minimum atomic E-state index is -0.477. The van der Waals surface area contributed by atoms with Crippen LogP contribution < -0.4 is 10.5 Å². The van der Waals surface area contributed by atoms with Gasteiger partial charge < -0.3 is 15.6 Å². The molecule has 3 nitrogen and oxygen atoms in total. The van der Waals surface area contributed by atoms with Crippen LogP contribution >= 0.6 is 0 Å². The smallest absolute Gasteiger partial charge is 0.120 e. The summed E-state index contributed by atoms with van der Waals surface area (Å²) in [5.41, 5.74) is 8.52. The van der Waals surface area contributed by atoms with Gasteiger partial charge in [0, 0.05) is 5.54 Å². The van der Waals surface area contributed by atoms with Crippen molar-refractivity contribution >= 4 is 0 Å². The van der Waals surface area contributed by atoms with Crippen molar-refractivity contribution in [3.8, 4) is 5.75 Å². The molecule has 0 bridgehead atoms. The van der Waals surface area contributed by atoms with E-state index in [1.807, 2.05) is 6.92 Å². The Labute approximate surface area is 133 Å². The molecule has 122 valence electrons. The van der Waals surface area contributed by atoms with Crippen molar-refractivity contribution < 1.29 is 9.84 Å². The summed E-state index contributed by atoms with van der Waals surface area (Å²) in [5.74, 6) is 1.39. The van der Waals surface area contributed by atoms with Gasteiger partial charge in [-0.2, -0.15) is 0 Å². The predicted octanol–water partition coefficient (Wildman–Crippen LogP) is 3.21. The van der Waals surface area contributed by atoms with E-state index >= 15 is 0 Å². The molecule has 2 aliphatic carbocycles. The third kappa shape index (κ3) is 3.47. The van der Waals surface area contributed by atoms with E-state index in [1.54, 1.807) is 0 Å². The summed E-state index contributed by atoms with van der Waals surface area (Å²) in [6.45, 7) is 2.01. The zero-order chi connectivity index (χ0) is 15.6. The molecule has 0 radical (unpaired) electrons. The number of rotatable bonds is 4. The highest BCUT2D eigenvalue weighted by atomic mass is 16.5. The molecular formula is C19H29NO2. The molecule has 0 spiro atoms. The lowest BCUT2D eigenvalue weighted by Gasteiger charge is -2.36. The van der Waals surface area contributed by atoms with Crippen LogP contribution in [-0.2, 0) is 12.8 Å². The molecule has 2 unspecified atom stereocenters. The minimum absolute atomic E-state index is 0.0515. The van der Waals surface area contributed by atoms with Crippen LogP contribution in [0.3, 0.4) is 0 Å². The minimum Gasteiger partial charge on any atom is -0.490 e. The summed E-state index contributed by atoms with van der Waals surface area (Å²) < 4.78 is 6.17. The maximum atomic E-state index is 9.48. The zero-order valence-electron chi connectivity index (χ0n) is 13.7. The number of hydrogen-bond acceptors (Lipinski definition) is 3. The van der Waals surface area contributed by atoms with Crippen molar-refractivity contribution in [2.45, 2.75) is 69.9 Å². The first-order valence-corrected chi connectivity index (χ1v) is 8.77. The van der Waals surface area contributed by atoms with Crippen LogP contribution in [0.15, 0.2) is 18.2 Å². The fourth-order valence-electron chi connectivity index (χ4n) is 3.87. The molecule has 0 saturated heterocycles. The van der Waals surface area contributed by atoms with Gasteiger partial charge in [0.1, 0.15) is 5.75 Å². The first kappa shape index (κ1) is 15.8. The summed E-state index contributed by atoms with van der Waals surface area (Å²) in [7, 11) is 0. The molecule has 22 heavy (non-hydrogen) atoms. The highest BCUT2D eigenvalue weighted by Crippen LogP contribution is 2.34. The number of aliphatic hydroxyl groups excluding tert-OH is 1. The van der Waals surface area contributed by atoms with Crippen LogP contribution in [0.25, 0.3) is 0 Å². The Morgan fingerprint density at radius 2 is 1.95 bits per heavy atom. The Hall–Kier alpha value is -1.06. The van der Waals surface area contributed by atoms with Crippen molar-refractivity contribution in [3.63, 3.8) is 0 Å². The molecule has 3 N–H and O–H groups in total. The van der Waals surface area contributed by atoms with E-state index in [4.69, 9.17) is 10.5 Å². The number of hydrogen-bond donors (Lipinski definition) is 2. The summed E-state index contributed by atoms with van der Waals surface area (Å²) in [5, 5.41) is 9.48. The third-order valence-electron chi connectivity index (χ3n) is 5.53. The van der Waals surface area contributed by atoms with Gasteiger partial charge >= 0.3 is 0 Å². The molecule has 3 rings (SSSR count). The fourth-order valence-corrected chi connectivity index (χ4v) is 3.87. The first-order valence-electron chi connectivity index (χ1n) is 8.77. The molecule has 1 saturated carbocycles. The Kier molecular flexibility index (Phi) is 4.74. The van der Waals surface area contributed by atoms with E-state index < -0.39 is 5.54 Å². The van der Waals surface area contributed by atoms with Gasteiger partial charge in [-0.25, -0.2) is 0 Å². The van der Waals surface area contributed by atoms with Gasteiger partial charge in [-0.05, 0) is 81.0 Å². The van der Waals surface area contributed by atoms with E-state index in [-0.39, 0.29) is 6.61 Å². The van der Waals surface area contributed by atoms with Gasteiger partial charge in [-0.1, -0.05) is 12.5 Å². The van der Waals surface area contributed by atoms with Crippen molar-refractivity contribution in [3.05, 3.63) is 29.3 Å². The number of nitrogens with two attached hydrogens (primary N) is 1. The van der Waals surface area contributed by atoms with Gasteiger partial charge in [0.15, 0.2) is 0 Å². The molecule has 2 aliphatic rings. The molecule has 1 aromatic carbocycles. The van der Waals surface area contributed by atoms with E-state index in [9.17, 15) is 5.11 Å². The highest BCUT2D eigenvalue weighted by Gasteiger charge is 2.32. The molecule has 0 aliphatic heterocycles. The van der Waals surface area contributed by atoms with E-state index in [0.29, 0.717) is 12.0 Å². The normalized spacial score (nSPS) is 25.3. The average Bonchev–Trinajstić information content (AvgIpc) is 2.55. The summed E-state index contributed by atoms with van der Waals surface area (Å²) in [4.78, 5) is 0. The second kappa shape index (κ2) is 6.59. The Balaban J connectivity index is 1.67. The second-order valence-electron chi connectivity index (χ2n) is 7.41. The average molecular weight is 303 g/mol. The molecule has 0 aromatic heterocycles. The molecule has 1 aromatic rings. The van der Waals surface area contributed by atoms with Crippen molar-refractivity contribution in [2.75, 3.05) is 6.61 Å². The maximum absolute atomic E-state index is 9.48. The van der Waals surface area contributed by atoms with Crippen molar-refractivity contribution in [1.82, 2.24) is 0 Å². The number of ether oxygens (including phenoxy) is 1. The molecule has 3 heteroatoms. The predicted molar refractivity (Wildman–Crippen MR) is 89.1 cm³/mol. The van der Waals surface area contributed by atoms with Gasteiger partial charge in [0.05, 0.1) is 12.7 Å². The largest absolute Gasteiger partial charge is 0.490 e. The monoisotopic (exact) mass is 303 g/mol. The molecule has 2 atom stereocenters. The number of aryl methyl sites for hydroxylation is 1. The first-order chi connectivity index (χ1) is 10.6.